The van der Waals surface area contributed by atoms with Crippen LogP contribution in [0.3, 0.4) is 0 Å². The van der Waals surface area contributed by atoms with Crippen molar-refractivity contribution in [3.63, 3.8) is 0 Å². The van der Waals surface area contributed by atoms with Crippen molar-refractivity contribution >= 4 is 5.91 Å². The number of nitrogens with zero attached hydrogens (tertiary/aromatic N) is 1. The van der Waals surface area contributed by atoms with E-state index >= 15 is 0 Å². The molecule has 0 aliphatic rings. The highest BCUT2D eigenvalue weighted by molar-refractivity contribution is 5.87. The van der Waals surface area contributed by atoms with Gasteiger partial charge in [0.2, 0.25) is 5.91 Å². The zero-order chi connectivity index (χ0) is 15.9. The molecule has 0 aliphatic carbocycles. The van der Waals surface area contributed by atoms with E-state index in [9.17, 15) is 4.79 Å². The van der Waals surface area contributed by atoms with E-state index in [0.717, 1.165) is 18.4 Å². The summed E-state index contributed by atoms with van der Waals surface area (Å²) in [5.41, 5.74) is 6.19. The van der Waals surface area contributed by atoms with Gasteiger partial charge in [0.25, 0.3) is 0 Å². The van der Waals surface area contributed by atoms with Gasteiger partial charge in [0.05, 0.1) is 6.61 Å². The van der Waals surface area contributed by atoms with Crippen LogP contribution in [0.15, 0.2) is 30.3 Å². The van der Waals surface area contributed by atoms with Gasteiger partial charge in [-0.05, 0) is 25.3 Å². The summed E-state index contributed by atoms with van der Waals surface area (Å²) in [7, 11) is 1.65. The summed E-state index contributed by atoms with van der Waals surface area (Å²) in [5, 5.41) is 0. The van der Waals surface area contributed by atoms with E-state index in [-0.39, 0.29) is 11.9 Å². The summed E-state index contributed by atoms with van der Waals surface area (Å²) >= 11 is 0. The highest BCUT2D eigenvalue weighted by atomic mass is 16.5. The van der Waals surface area contributed by atoms with Crippen LogP contribution in [0.1, 0.15) is 39.2 Å². The van der Waals surface area contributed by atoms with E-state index < -0.39 is 5.54 Å². The first-order valence-electron chi connectivity index (χ1n) is 7.63. The molecule has 1 aromatic rings. The van der Waals surface area contributed by atoms with Crippen LogP contribution in [0.2, 0.25) is 0 Å². The molecule has 1 amide bonds. The number of methoxy groups -OCH3 is 1. The van der Waals surface area contributed by atoms with Crippen molar-refractivity contribution in [1.29, 1.82) is 0 Å². The minimum atomic E-state index is -1.02. The molecule has 0 saturated heterocycles. The minimum absolute atomic E-state index is 0.0422. The maximum absolute atomic E-state index is 13.0. The lowest BCUT2D eigenvalue weighted by Gasteiger charge is -2.37. The summed E-state index contributed by atoms with van der Waals surface area (Å²) in [5.74, 6) is -0.0422. The topological polar surface area (TPSA) is 55.6 Å². The number of ether oxygens (including phenoxy) is 1. The molecular formula is C17H28N2O2. The van der Waals surface area contributed by atoms with E-state index in [0.29, 0.717) is 13.2 Å². The quantitative estimate of drug-likeness (QED) is 0.801. The van der Waals surface area contributed by atoms with Gasteiger partial charge in [0.1, 0.15) is 5.54 Å². The molecule has 0 heterocycles. The summed E-state index contributed by atoms with van der Waals surface area (Å²) in [6.45, 7) is 7.07. The fourth-order valence-corrected chi connectivity index (χ4v) is 2.58. The van der Waals surface area contributed by atoms with Gasteiger partial charge in [-0.25, -0.2) is 0 Å². The molecule has 0 radical (unpaired) electrons. The van der Waals surface area contributed by atoms with Crippen LogP contribution in [0, 0.1) is 0 Å². The fourth-order valence-electron chi connectivity index (χ4n) is 2.58. The third-order valence-electron chi connectivity index (χ3n) is 4.00. The second kappa shape index (κ2) is 8.15. The van der Waals surface area contributed by atoms with Crippen molar-refractivity contribution in [2.45, 2.75) is 45.2 Å². The molecule has 1 rings (SSSR count). The van der Waals surface area contributed by atoms with Crippen LogP contribution in [0.4, 0.5) is 0 Å². The molecule has 118 valence electrons. The largest absolute Gasteiger partial charge is 0.383 e. The predicted molar refractivity (Wildman–Crippen MR) is 85.9 cm³/mol. The predicted octanol–water partition coefficient (Wildman–Crippen LogP) is 2.52. The number of nitrogens with two attached hydrogens (primary N) is 1. The van der Waals surface area contributed by atoms with Gasteiger partial charge in [-0.15, -0.1) is 0 Å². The second-order valence-corrected chi connectivity index (χ2v) is 5.53. The molecule has 2 N–H and O–H groups in total. The standard InChI is InChI=1S/C17H28N2O2/c1-5-15(6-2)19(12-13-21-4)16(20)17(3,18)14-10-8-7-9-11-14/h7-11,15H,5-6,12-13,18H2,1-4H3. The molecule has 0 aromatic heterocycles. The summed E-state index contributed by atoms with van der Waals surface area (Å²) < 4.78 is 5.15. The van der Waals surface area contributed by atoms with Crippen LogP contribution >= 0.6 is 0 Å². The Labute approximate surface area is 128 Å². The molecule has 0 bridgehead atoms. The summed E-state index contributed by atoms with van der Waals surface area (Å²) in [6, 6.07) is 9.74. The van der Waals surface area contributed by atoms with Gasteiger partial charge in [-0.3, -0.25) is 4.79 Å². The van der Waals surface area contributed by atoms with Crippen molar-refractivity contribution in [1.82, 2.24) is 4.90 Å². The minimum Gasteiger partial charge on any atom is -0.383 e. The third kappa shape index (κ3) is 4.29. The number of carbonyl (C=O) groups is 1. The maximum Gasteiger partial charge on any atom is 0.247 e. The van der Waals surface area contributed by atoms with Gasteiger partial charge < -0.3 is 15.4 Å². The maximum atomic E-state index is 13.0. The lowest BCUT2D eigenvalue weighted by Crippen LogP contribution is -2.54. The molecule has 4 nitrogen and oxygen atoms in total. The zero-order valence-corrected chi connectivity index (χ0v) is 13.6. The lowest BCUT2D eigenvalue weighted by molar-refractivity contribution is -0.140. The van der Waals surface area contributed by atoms with Gasteiger partial charge >= 0.3 is 0 Å². The Kier molecular flexibility index (Phi) is 6.85. The smallest absolute Gasteiger partial charge is 0.247 e. The number of amides is 1. The first-order valence-corrected chi connectivity index (χ1v) is 7.63. The van der Waals surface area contributed by atoms with Gasteiger partial charge in [0.15, 0.2) is 0 Å². The first kappa shape index (κ1) is 17.7. The highest BCUT2D eigenvalue weighted by Gasteiger charge is 2.36. The number of benzene rings is 1. The van der Waals surface area contributed by atoms with E-state index in [1.807, 2.05) is 35.2 Å². The molecule has 0 fully saturated rings. The second-order valence-electron chi connectivity index (χ2n) is 5.53. The first-order chi connectivity index (χ1) is 9.98. The number of hydrogen-bond acceptors (Lipinski definition) is 3. The fraction of sp³-hybridized carbons (Fsp3) is 0.588. The van der Waals surface area contributed by atoms with E-state index in [2.05, 4.69) is 13.8 Å². The Bertz CT molecular complexity index is 428. The van der Waals surface area contributed by atoms with E-state index in [1.165, 1.54) is 0 Å². The Balaban J connectivity index is 3.03. The van der Waals surface area contributed by atoms with Crippen molar-refractivity contribution in [2.75, 3.05) is 20.3 Å². The van der Waals surface area contributed by atoms with Crippen LogP contribution in [0.5, 0.6) is 0 Å². The van der Waals surface area contributed by atoms with E-state index in [1.54, 1.807) is 14.0 Å². The highest BCUT2D eigenvalue weighted by Crippen LogP contribution is 2.23. The van der Waals surface area contributed by atoms with E-state index in [4.69, 9.17) is 10.5 Å². The Morgan fingerprint density at radius 2 is 1.86 bits per heavy atom. The molecule has 0 saturated carbocycles. The van der Waals surface area contributed by atoms with Crippen molar-refractivity contribution in [3.05, 3.63) is 35.9 Å². The van der Waals surface area contributed by atoms with Crippen LogP contribution in [0.25, 0.3) is 0 Å². The van der Waals surface area contributed by atoms with Crippen molar-refractivity contribution in [3.8, 4) is 0 Å². The molecule has 1 atom stereocenters. The molecule has 4 heteroatoms. The Morgan fingerprint density at radius 1 is 1.29 bits per heavy atom. The lowest BCUT2D eigenvalue weighted by atomic mass is 9.90. The SMILES string of the molecule is CCC(CC)N(CCOC)C(=O)C(C)(N)c1ccccc1. The molecule has 0 aliphatic heterocycles. The molecular weight excluding hydrogens is 264 g/mol. The number of carbonyl (C=O) groups excluding carboxylic acids is 1. The molecule has 1 unspecified atom stereocenters. The number of rotatable bonds is 8. The van der Waals surface area contributed by atoms with Crippen LogP contribution in [-0.4, -0.2) is 37.1 Å². The van der Waals surface area contributed by atoms with Crippen molar-refractivity contribution in [2.24, 2.45) is 5.73 Å². The Morgan fingerprint density at radius 3 is 2.33 bits per heavy atom. The average molecular weight is 292 g/mol. The Hall–Kier alpha value is -1.39. The van der Waals surface area contributed by atoms with Crippen LogP contribution in [-0.2, 0) is 15.1 Å². The zero-order valence-electron chi connectivity index (χ0n) is 13.6. The van der Waals surface area contributed by atoms with Gasteiger partial charge in [-0.2, -0.15) is 0 Å². The number of hydrogen-bond donors (Lipinski definition) is 1. The summed E-state index contributed by atoms with van der Waals surface area (Å²) in [4.78, 5) is 14.8. The average Bonchev–Trinajstić information content (AvgIpc) is 2.51. The van der Waals surface area contributed by atoms with Gasteiger partial charge in [-0.1, -0.05) is 44.2 Å². The van der Waals surface area contributed by atoms with Crippen LogP contribution < -0.4 is 5.73 Å². The molecule has 1 aromatic carbocycles. The van der Waals surface area contributed by atoms with Crippen molar-refractivity contribution < 1.29 is 9.53 Å². The molecule has 0 spiro atoms. The van der Waals surface area contributed by atoms with Gasteiger partial charge in [0, 0.05) is 19.7 Å². The third-order valence-corrected chi connectivity index (χ3v) is 4.00. The normalized spacial score (nSPS) is 14.0. The summed E-state index contributed by atoms with van der Waals surface area (Å²) in [6.07, 6.45) is 1.83. The molecule has 21 heavy (non-hydrogen) atoms. The monoisotopic (exact) mass is 292 g/mol.